The molecular formula is C23H21N3O4S2. The Kier molecular flexibility index (Phi) is 6.29. The Hall–Kier alpha value is -3.17. The maximum absolute atomic E-state index is 12.8. The van der Waals surface area contributed by atoms with Crippen LogP contribution in [0.2, 0.25) is 0 Å². The van der Waals surface area contributed by atoms with Crippen LogP contribution in [0.15, 0.2) is 81.8 Å². The number of nitrogens with zero attached hydrogens (tertiary/aromatic N) is 2. The molecule has 9 heteroatoms. The van der Waals surface area contributed by atoms with Crippen molar-refractivity contribution in [2.75, 3.05) is 0 Å². The van der Waals surface area contributed by atoms with Gasteiger partial charge >= 0.3 is 10.1 Å². The average molecular weight is 468 g/mol. The molecule has 1 aliphatic rings. The van der Waals surface area contributed by atoms with Gasteiger partial charge in [-0.3, -0.25) is 4.79 Å². The van der Waals surface area contributed by atoms with Crippen LogP contribution < -0.4 is 9.50 Å². The lowest BCUT2D eigenvalue weighted by Gasteiger charge is -2.11. The third-order valence-electron chi connectivity index (χ3n) is 4.83. The van der Waals surface area contributed by atoms with Gasteiger partial charge in [-0.2, -0.15) is 13.5 Å². The Morgan fingerprint density at radius 2 is 1.75 bits per heavy atom. The Bertz CT molecular complexity index is 1320. The Morgan fingerprint density at radius 1 is 1.03 bits per heavy atom. The summed E-state index contributed by atoms with van der Waals surface area (Å²) < 4.78 is 31.0. The van der Waals surface area contributed by atoms with Gasteiger partial charge in [0.05, 0.1) is 11.5 Å². The number of carbonyl (C=O) groups excluding carboxylic acids is 1. The summed E-state index contributed by atoms with van der Waals surface area (Å²) >= 11 is 1.33. The summed E-state index contributed by atoms with van der Waals surface area (Å²) in [6, 6.07) is 18.8. The molecule has 1 amide bonds. The fourth-order valence-corrected chi connectivity index (χ4v) is 5.14. The zero-order chi connectivity index (χ0) is 22.7. The molecule has 1 fully saturated rings. The predicted molar refractivity (Wildman–Crippen MR) is 128 cm³/mol. The van der Waals surface area contributed by atoms with Gasteiger partial charge in [-0.05, 0) is 34.9 Å². The first-order valence-electron chi connectivity index (χ1n) is 9.95. The van der Waals surface area contributed by atoms with Gasteiger partial charge in [-0.1, -0.05) is 74.1 Å². The van der Waals surface area contributed by atoms with Gasteiger partial charge in [0.2, 0.25) is 5.91 Å². The van der Waals surface area contributed by atoms with Gasteiger partial charge < -0.3 is 9.50 Å². The molecule has 0 saturated carbocycles. The van der Waals surface area contributed by atoms with Crippen molar-refractivity contribution in [3.05, 3.63) is 72.3 Å². The number of benzene rings is 3. The van der Waals surface area contributed by atoms with E-state index in [0.29, 0.717) is 10.7 Å². The minimum atomic E-state index is -4.03. The van der Waals surface area contributed by atoms with Crippen molar-refractivity contribution < 1.29 is 17.4 Å². The number of hydrogen-bond acceptors (Lipinski definition) is 7. The van der Waals surface area contributed by atoms with Crippen molar-refractivity contribution in [3.63, 3.8) is 0 Å². The first-order valence-corrected chi connectivity index (χ1v) is 12.2. The van der Waals surface area contributed by atoms with Crippen LogP contribution in [0.1, 0.15) is 19.4 Å². The van der Waals surface area contributed by atoms with E-state index in [1.165, 1.54) is 30.1 Å². The van der Waals surface area contributed by atoms with Gasteiger partial charge in [0, 0.05) is 5.56 Å². The SMILES string of the molecule is CC(C)[C@H]1SC(=NN=Cc2c(OS(=O)(=O)c3ccccc3)ccc3ccccc23)NC1=O. The van der Waals surface area contributed by atoms with E-state index in [-0.39, 0.29) is 27.7 Å². The second-order valence-electron chi connectivity index (χ2n) is 7.47. The molecule has 1 saturated heterocycles. The molecule has 0 aliphatic carbocycles. The Balaban J connectivity index is 1.69. The third-order valence-corrected chi connectivity index (χ3v) is 7.50. The van der Waals surface area contributed by atoms with Crippen LogP contribution in [0.3, 0.4) is 0 Å². The van der Waals surface area contributed by atoms with Crippen molar-refractivity contribution in [3.8, 4) is 5.75 Å². The van der Waals surface area contributed by atoms with Crippen molar-refractivity contribution in [2.24, 2.45) is 16.1 Å². The molecular weight excluding hydrogens is 446 g/mol. The minimum absolute atomic E-state index is 0.0566. The van der Waals surface area contributed by atoms with Gasteiger partial charge in [0.15, 0.2) is 10.9 Å². The number of rotatable bonds is 6. The average Bonchev–Trinajstić information content (AvgIpc) is 3.16. The second-order valence-corrected chi connectivity index (χ2v) is 10.1. The number of fused-ring (bicyclic) bond motifs is 1. The molecule has 1 heterocycles. The van der Waals surface area contributed by atoms with Crippen LogP contribution in [-0.2, 0) is 14.9 Å². The van der Waals surface area contributed by atoms with Gasteiger partial charge in [-0.25, -0.2) is 0 Å². The lowest BCUT2D eigenvalue weighted by Crippen LogP contribution is -2.27. The van der Waals surface area contributed by atoms with Gasteiger partial charge in [0.1, 0.15) is 4.90 Å². The highest BCUT2D eigenvalue weighted by atomic mass is 32.2. The lowest BCUT2D eigenvalue weighted by molar-refractivity contribution is -0.119. The number of hydrogen-bond donors (Lipinski definition) is 1. The molecule has 3 aromatic rings. The van der Waals surface area contributed by atoms with Crippen molar-refractivity contribution in [2.45, 2.75) is 24.0 Å². The lowest BCUT2D eigenvalue weighted by atomic mass is 10.0. The number of nitrogens with one attached hydrogen (secondary N) is 1. The van der Waals surface area contributed by atoms with Crippen molar-refractivity contribution in [1.82, 2.24) is 5.32 Å². The summed E-state index contributed by atoms with van der Waals surface area (Å²) in [5.74, 6) is 0.208. The molecule has 32 heavy (non-hydrogen) atoms. The zero-order valence-corrected chi connectivity index (χ0v) is 19.1. The van der Waals surface area contributed by atoms with E-state index in [0.717, 1.165) is 10.8 Å². The topological polar surface area (TPSA) is 97.2 Å². The van der Waals surface area contributed by atoms with Crippen LogP contribution in [0.5, 0.6) is 5.75 Å². The summed E-state index contributed by atoms with van der Waals surface area (Å²) in [6.45, 7) is 3.94. The molecule has 1 N–H and O–H groups in total. The largest absolute Gasteiger partial charge is 0.378 e. The highest BCUT2D eigenvalue weighted by molar-refractivity contribution is 8.15. The minimum Gasteiger partial charge on any atom is -0.378 e. The number of amides is 1. The van der Waals surface area contributed by atoms with Crippen LogP contribution in [0.25, 0.3) is 10.8 Å². The van der Waals surface area contributed by atoms with Crippen molar-refractivity contribution in [1.29, 1.82) is 0 Å². The molecule has 0 radical (unpaired) electrons. The molecule has 4 rings (SSSR count). The fourth-order valence-electron chi connectivity index (χ4n) is 3.24. The van der Waals surface area contributed by atoms with Crippen LogP contribution in [0, 0.1) is 5.92 Å². The normalized spacial score (nSPS) is 18.0. The highest BCUT2D eigenvalue weighted by Crippen LogP contribution is 2.30. The van der Waals surface area contributed by atoms with E-state index < -0.39 is 10.1 Å². The van der Waals surface area contributed by atoms with E-state index in [9.17, 15) is 13.2 Å². The Morgan fingerprint density at radius 3 is 2.47 bits per heavy atom. The summed E-state index contributed by atoms with van der Waals surface area (Å²) in [4.78, 5) is 12.1. The highest BCUT2D eigenvalue weighted by Gasteiger charge is 2.32. The molecule has 1 atom stereocenters. The van der Waals surface area contributed by atoms with Crippen LogP contribution in [0.4, 0.5) is 0 Å². The standard InChI is InChI=1S/C23H21N3O4S2/c1-15(2)21-22(27)25-23(31-21)26-24-14-19-18-11-7-6-8-16(18)12-13-20(19)30-32(28,29)17-9-4-3-5-10-17/h3-15,21H,1-2H3,(H,25,26,27)/t21-/m1/s1. The van der Waals surface area contributed by atoms with E-state index >= 15 is 0 Å². The van der Waals surface area contributed by atoms with Crippen molar-refractivity contribution >= 4 is 49.9 Å². The first-order chi connectivity index (χ1) is 15.3. The summed E-state index contributed by atoms with van der Waals surface area (Å²) in [5, 5.41) is 12.8. The third kappa shape index (κ3) is 4.68. The maximum atomic E-state index is 12.8. The molecule has 1 aliphatic heterocycles. The van der Waals surface area contributed by atoms with E-state index in [1.807, 2.05) is 38.1 Å². The summed E-state index contributed by atoms with van der Waals surface area (Å²) in [5.41, 5.74) is 0.474. The summed E-state index contributed by atoms with van der Waals surface area (Å²) in [6.07, 6.45) is 1.45. The van der Waals surface area contributed by atoms with E-state index in [4.69, 9.17) is 4.18 Å². The van der Waals surface area contributed by atoms with E-state index in [1.54, 1.807) is 30.3 Å². The Labute approximate surface area is 190 Å². The monoisotopic (exact) mass is 467 g/mol. The summed E-state index contributed by atoms with van der Waals surface area (Å²) in [7, 11) is -4.03. The molecule has 164 valence electrons. The van der Waals surface area contributed by atoms with Crippen LogP contribution in [-0.4, -0.2) is 31.0 Å². The molecule has 7 nitrogen and oxygen atoms in total. The fraction of sp³-hybridized carbons (Fsp3) is 0.174. The molecule has 0 aromatic heterocycles. The zero-order valence-electron chi connectivity index (χ0n) is 17.4. The smallest absolute Gasteiger partial charge is 0.339 e. The van der Waals surface area contributed by atoms with Crippen LogP contribution >= 0.6 is 11.8 Å². The molecule has 3 aromatic carbocycles. The number of amidine groups is 1. The quantitative estimate of drug-likeness (QED) is 0.333. The first kappa shape index (κ1) is 22.0. The van der Waals surface area contributed by atoms with Gasteiger partial charge in [-0.15, -0.1) is 5.10 Å². The maximum Gasteiger partial charge on any atom is 0.339 e. The second kappa shape index (κ2) is 9.13. The van der Waals surface area contributed by atoms with E-state index in [2.05, 4.69) is 15.5 Å². The number of thioether (sulfide) groups is 1. The number of carbonyl (C=O) groups is 1. The molecule has 0 bridgehead atoms. The van der Waals surface area contributed by atoms with Gasteiger partial charge in [0.25, 0.3) is 0 Å². The molecule has 0 spiro atoms. The predicted octanol–water partition coefficient (Wildman–Crippen LogP) is 4.19. The molecule has 0 unspecified atom stereocenters.